The molecule has 3 rings (SSSR count). The third-order valence-electron chi connectivity index (χ3n) is 4.77. The van der Waals surface area contributed by atoms with E-state index in [-0.39, 0.29) is 28.5 Å². The maximum Gasteiger partial charge on any atom is 0.335 e. The molecule has 0 atom stereocenters. The van der Waals surface area contributed by atoms with E-state index in [0.29, 0.717) is 29.4 Å². The van der Waals surface area contributed by atoms with Crippen LogP contribution in [0.1, 0.15) is 21.6 Å². The van der Waals surface area contributed by atoms with E-state index in [1.54, 1.807) is 36.2 Å². The van der Waals surface area contributed by atoms with Crippen LogP contribution in [0.2, 0.25) is 10.0 Å². The zero-order valence-corrected chi connectivity index (χ0v) is 17.6. The van der Waals surface area contributed by atoms with Gasteiger partial charge in [0.1, 0.15) is 10.8 Å². The van der Waals surface area contributed by atoms with E-state index in [2.05, 4.69) is 0 Å². The van der Waals surface area contributed by atoms with Crippen LogP contribution in [0.5, 0.6) is 0 Å². The number of aryl methyl sites for hydroxylation is 1. The molecule has 0 radical (unpaired) electrons. The van der Waals surface area contributed by atoms with Crippen molar-refractivity contribution in [1.29, 1.82) is 0 Å². The van der Waals surface area contributed by atoms with E-state index in [1.165, 1.54) is 34.9 Å². The Morgan fingerprint density at radius 2 is 1.80 bits per heavy atom. The number of carbonyl (C=O) groups is 1. The summed E-state index contributed by atoms with van der Waals surface area (Å²) in [6, 6.07) is 14.0. The molecule has 0 unspecified atom stereocenters. The number of nitrogens with zero attached hydrogens (tertiary/aromatic N) is 2. The van der Waals surface area contributed by atoms with Crippen LogP contribution in [0.4, 0.5) is 10.1 Å². The van der Waals surface area contributed by atoms with E-state index < -0.39 is 5.97 Å². The van der Waals surface area contributed by atoms with E-state index in [0.717, 1.165) is 5.56 Å². The van der Waals surface area contributed by atoms with Crippen LogP contribution in [0.25, 0.3) is 0 Å². The standard InChI is InChI=1S/C22H19Cl2FN2O3/c1-26(17-4-2-3-16(25)11-17)13-20-18(23)12-19(24)21(28)27(20)10-9-14-5-7-15(8-6-14)22(29)30/h2-8,11-12H,9-10,13H2,1H3,(H,29,30). The summed E-state index contributed by atoms with van der Waals surface area (Å²) in [7, 11) is 1.78. The lowest BCUT2D eigenvalue weighted by Gasteiger charge is -2.23. The van der Waals surface area contributed by atoms with Crippen molar-refractivity contribution >= 4 is 34.9 Å². The van der Waals surface area contributed by atoms with Crippen molar-refractivity contribution < 1.29 is 14.3 Å². The molecule has 0 bridgehead atoms. The van der Waals surface area contributed by atoms with Crippen molar-refractivity contribution in [2.24, 2.45) is 0 Å². The van der Waals surface area contributed by atoms with Crippen LogP contribution in [0.15, 0.2) is 59.4 Å². The zero-order chi connectivity index (χ0) is 21.8. The summed E-state index contributed by atoms with van der Waals surface area (Å²) in [6.07, 6.45) is 0.479. The van der Waals surface area contributed by atoms with Gasteiger partial charge in [-0.25, -0.2) is 9.18 Å². The fraction of sp³-hybridized carbons (Fsp3) is 0.182. The second-order valence-electron chi connectivity index (χ2n) is 6.83. The summed E-state index contributed by atoms with van der Waals surface area (Å²) in [5, 5.41) is 9.36. The van der Waals surface area contributed by atoms with Gasteiger partial charge in [-0.05, 0) is 48.4 Å². The van der Waals surface area contributed by atoms with Gasteiger partial charge in [-0.15, -0.1) is 0 Å². The molecule has 30 heavy (non-hydrogen) atoms. The predicted molar refractivity (Wildman–Crippen MR) is 116 cm³/mol. The monoisotopic (exact) mass is 448 g/mol. The van der Waals surface area contributed by atoms with Crippen molar-refractivity contribution in [3.8, 4) is 0 Å². The molecular weight excluding hydrogens is 430 g/mol. The van der Waals surface area contributed by atoms with Crippen LogP contribution in [-0.2, 0) is 19.5 Å². The molecule has 1 N–H and O–H groups in total. The minimum Gasteiger partial charge on any atom is -0.478 e. The average Bonchev–Trinajstić information content (AvgIpc) is 2.71. The minimum atomic E-state index is -0.998. The number of hydrogen-bond acceptors (Lipinski definition) is 3. The van der Waals surface area contributed by atoms with Gasteiger partial charge in [-0.2, -0.15) is 0 Å². The third kappa shape index (κ3) is 5.01. The molecule has 8 heteroatoms. The summed E-state index contributed by atoms with van der Waals surface area (Å²) in [5.74, 6) is -1.36. The molecule has 3 aromatic rings. The minimum absolute atomic E-state index is 0.0124. The Morgan fingerprint density at radius 1 is 1.10 bits per heavy atom. The SMILES string of the molecule is CN(Cc1c(Cl)cc(Cl)c(=O)n1CCc1ccc(C(=O)O)cc1)c1cccc(F)c1. The molecule has 0 aliphatic rings. The molecule has 156 valence electrons. The lowest BCUT2D eigenvalue weighted by Crippen LogP contribution is -2.29. The Kier molecular flexibility index (Phi) is 6.80. The normalized spacial score (nSPS) is 10.8. The van der Waals surface area contributed by atoms with Gasteiger partial charge in [0.25, 0.3) is 5.56 Å². The maximum absolute atomic E-state index is 13.6. The van der Waals surface area contributed by atoms with Gasteiger partial charge in [0.05, 0.1) is 22.8 Å². The number of halogens is 3. The topological polar surface area (TPSA) is 62.5 Å². The number of aromatic nitrogens is 1. The Bertz CT molecular complexity index is 1130. The van der Waals surface area contributed by atoms with Crippen molar-refractivity contribution in [2.75, 3.05) is 11.9 Å². The largest absolute Gasteiger partial charge is 0.478 e. The van der Waals surface area contributed by atoms with Crippen LogP contribution >= 0.6 is 23.2 Å². The molecule has 0 aliphatic heterocycles. The maximum atomic E-state index is 13.6. The second kappa shape index (κ2) is 9.32. The van der Waals surface area contributed by atoms with Crippen molar-refractivity contribution in [3.05, 3.63) is 97.6 Å². The summed E-state index contributed by atoms with van der Waals surface area (Å²) < 4.78 is 15.1. The molecule has 0 fully saturated rings. The van der Waals surface area contributed by atoms with E-state index >= 15 is 0 Å². The first kappa shape index (κ1) is 21.9. The fourth-order valence-corrected chi connectivity index (χ4v) is 3.66. The molecule has 0 spiro atoms. The van der Waals surface area contributed by atoms with Gasteiger partial charge in [0.15, 0.2) is 0 Å². The van der Waals surface area contributed by atoms with Crippen LogP contribution in [0.3, 0.4) is 0 Å². The van der Waals surface area contributed by atoms with Gasteiger partial charge >= 0.3 is 5.97 Å². The molecule has 1 aromatic heterocycles. The summed E-state index contributed by atoms with van der Waals surface area (Å²) >= 11 is 12.5. The molecule has 0 aliphatic carbocycles. The number of pyridine rings is 1. The van der Waals surface area contributed by atoms with Gasteiger partial charge in [0.2, 0.25) is 0 Å². The molecule has 0 saturated heterocycles. The summed E-state index contributed by atoms with van der Waals surface area (Å²) in [6.45, 7) is 0.574. The Labute approximate surface area is 182 Å². The third-order valence-corrected chi connectivity index (χ3v) is 5.36. The first-order valence-electron chi connectivity index (χ1n) is 9.13. The molecule has 2 aromatic carbocycles. The number of anilines is 1. The number of hydrogen-bond donors (Lipinski definition) is 1. The van der Waals surface area contributed by atoms with Gasteiger partial charge < -0.3 is 14.6 Å². The van der Waals surface area contributed by atoms with Crippen LogP contribution in [-0.4, -0.2) is 22.7 Å². The van der Waals surface area contributed by atoms with E-state index in [4.69, 9.17) is 28.3 Å². The lowest BCUT2D eigenvalue weighted by molar-refractivity contribution is 0.0697. The smallest absolute Gasteiger partial charge is 0.335 e. The summed E-state index contributed by atoms with van der Waals surface area (Å²) in [4.78, 5) is 25.5. The summed E-state index contributed by atoms with van der Waals surface area (Å²) in [5.41, 5.74) is 1.89. The highest BCUT2D eigenvalue weighted by molar-refractivity contribution is 6.34. The number of carboxylic acid groups (broad SMARTS) is 1. The predicted octanol–water partition coefficient (Wildman–Crippen LogP) is 4.87. The second-order valence-corrected chi connectivity index (χ2v) is 7.65. The lowest BCUT2D eigenvalue weighted by atomic mass is 10.1. The number of rotatable bonds is 7. The highest BCUT2D eigenvalue weighted by atomic mass is 35.5. The quantitative estimate of drug-likeness (QED) is 0.559. The number of aromatic carboxylic acids is 1. The zero-order valence-electron chi connectivity index (χ0n) is 16.1. The van der Waals surface area contributed by atoms with Gasteiger partial charge in [-0.1, -0.05) is 41.4 Å². The van der Waals surface area contributed by atoms with E-state index in [9.17, 15) is 14.0 Å². The Morgan fingerprint density at radius 3 is 2.43 bits per heavy atom. The highest BCUT2D eigenvalue weighted by Gasteiger charge is 2.15. The molecule has 0 amide bonds. The van der Waals surface area contributed by atoms with Crippen molar-refractivity contribution in [1.82, 2.24) is 4.57 Å². The Hall–Kier alpha value is -2.83. The highest BCUT2D eigenvalue weighted by Crippen LogP contribution is 2.23. The van der Waals surface area contributed by atoms with Crippen molar-refractivity contribution in [3.63, 3.8) is 0 Å². The average molecular weight is 449 g/mol. The van der Waals surface area contributed by atoms with Gasteiger partial charge in [0, 0.05) is 19.3 Å². The number of carboxylic acids is 1. The molecule has 1 heterocycles. The first-order valence-corrected chi connectivity index (χ1v) is 9.88. The first-order chi connectivity index (χ1) is 14.3. The van der Waals surface area contributed by atoms with Crippen LogP contribution in [0, 0.1) is 5.82 Å². The van der Waals surface area contributed by atoms with Gasteiger partial charge in [-0.3, -0.25) is 4.79 Å². The van der Waals surface area contributed by atoms with E-state index in [1.807, 2.05) is 0 Å². The number of benzene rings is 2. The molecule has 0 saturated carbocycles. The fourth-order valence-electron chi connectivity index (χ4n) is 3.12. The molecular formula is C22H19Cl2FN2O3. The van der Waals surface area contributed by atoms with Crippen molar-refractivity contribution in [2.45, 2.75) is 19.5 Å². The van der Waals surface area contributed by atoms with Crippen LogP contribution < -0.4 is 10.5 Å². The molecule has 5 nitrogen and oxygen atoms in total. The Balaban J connectivity index is 1.87.